The second-order valence-corrected chi connectivity index (χ2v) is 7.09. The zero-order chi connectivity index (χ0) is 16.3. The van der Waals surface area contributed by atoms with Crippen LogP contribution in [0.4, 0.5) is 13.2 Å². The Morgan fingerprint density at radius 2 is 2.00 bits per heavy atom. The van der Waals surface area contributed by atoms with Gasteiger partial charge in [0.05, 0.1) is 11.0 Å². The Morgan fingerprint density at radius 3 is 2.52 bits per heavy atom. The summed E-state index contributed by atoms with van der Waals surface area (Å²) in [6, 6.07) is 5.99. The van der Waals surface area contributed by atoms with Gasteiger partial charge in [-0.2, -0.15) is 22.7 Å². The topological polar surface area (TPSA) is 61.2 Å². The minimum Gasteiger partial charge on any atom is -0.207 e. The molecule has 0 atom stereocenters. The maximum atomic E-state index is 12.6. The van der Waals surface area contributed by atoms with E-state index in [0.717, 1.165) is 0 Å². The molecule has 0 fully saturated rings. The van der Waals surface area contributed by atoms with E-state index >= 15 is 0 Å². The van der Waals surface area contributed by atoms with Crippen LogP contribution in [0.25, 0.3) is 0 Å². The molecule has 0 radical (unpaired) electrons. The third-order valence-corrected chi connectivity index (χ3v) is 5.08. The van der Waals surface area contributed by atoms with E-state index in [1.165, 1.54) is 19.1 Å². The third kappa shape index (κ3) is 4.98. The molecule has 0 aliphatic rings. The first-order chi connectivity index (χ1) is 9.58. The molecule has 9 heteroatoms. The van der Waals surface area contributed by atoms with Crippen LogP contribution in [0.1, 0.15) is 12.0 Å². The molecule has 0 bridgehead atoms. The summed E-state index contributed by atoms with van der Waals surface area (Å²) in [5.41, 5.74) is 0.335. The summed E-state index contributed by atoms with van der Waals surface area (Å²) in [6.45, 7) is -0.636. The van der Waals surface area contributed by atoms with Crippen molar-refractivity contribution in [2.45, 2.75) is 24.4 Å². The summed E-state index contributed by atoms with van der Waals surface area (Å²) < 4.78 is 63.2. The number of hydrogen-bond donors (Lipinski definition) is 0. The van der Waals surface area contributed by atoms with Crippen LogP contribution in [0.3, 0.4) is 0 Å². The van der Waals surface area contributed by atoms with Gasteiger partial charge in [-0.05, 0) is 24.6 Å². The van der Waals surface area contributed by atoms with Gasteiger partial charge in [0.2, 0.25) is 10.0 Å². The van der Waals surface area contributed by atoms with Crippen molar-refractivity contribution in [2.75, 3.05) is 13.1 Å². The lowest BCUT2D eigenvalue weighted by atomic mass is 10.2. The van der Waals surface area contributed by atoms with Crippen molar-refractivity contribution in [3.8, 4) is 6.07 Å². The standard InChI is InChI=1S/C12H12BrF3N2O2S/c1-9-3-4-10(13)7-11(9)21(19,20)18(6-2-5-17)8-12(14,15)16/h3-4,7H,2,6,8H2,1H3. The Balaban J connectivity index is 3.26. The molecule has 4 nitrogen and oxygen atoms in total. The zero-order valence-electron chi connectivity index (χ0n) is 11.0. The molecule has 21 heavy (non-hydrogen) atoms. The highest BCUT2D eigenvalue weighted by molar-refractivity contribution is 9.10. The van der Waals surface area contributed by atoms with Gasteiger partial charge in [-0.1, -0.05) is 22.0 Å². The first-order valence-electron chi connectivity index (χ1n) is 5.78. The molecule has 0 spiro atoms. The molecular weight excluding hydrogens is 373 g/mol. The van der Waals surface area contributed by atoms with Crippen LogP contribution in [-0.4, -0.2) is 32.0 Å². The molecule has 0 saturated carbocycles. The number of nitriles is 1. The summed E-state index contributed by atoms with van der Waals surface area (Å²) in [4.78, 5) is -0.209. The lowest BCUT2D eigenvalue weighted by Crippen LogP contribution is -2.39. The minimum atomic E-state index is -4.68. The Labute approximate surface area is 129 Å². The SMILES string of the molecule is Cc1ccc(Br)cc1S(=O)(=O)N(CCC#N)CC(F)(F)F. The molecule has 0 heterocycles. The first-order valence-corrected chi connectivity index (χ1v) is 8.01. The molecule has 1 rings (SSSR count). The smallest absolute Gasteiger partial charge is 0.207 e. The quantitative estimate of drug-likeness (QED) is 0.782. The van der Waals surface area contributed by atoms with E-state index in [0.29, 0.717) is 10.0 Å². The van der Waals surface area contributed by atoms with Crippen LogP contribution in [0.2, 0.25) is 0 Å². The largest absolute Gasteiger partial charge is 0.402 e. The monoisotopic (exact) mass is 384 g/mol. The van der Waals surface area contributed by atoms with E-state index in [1.54, 1.807) is 12.1 Å². The normalized spacial score (nSPS) is 12.4. The van der Waals surface area contributed by atoms with Crippen molar-refractivity contribution in [3.05, 3.63) is 28.2 Å². The lowest BCUT2D eigenvalue weighted by molar-refractivity contribution is -0.136. The zero-order valence-corrected chi connectivity index (χ0v) is 13.4. The molecular formula is C12H12BrF3N2O2S. The Bertz CT molecular complexity index is 653. The number of benzene rings is 1. The Hall–Kier alpha value is -1.11. The summed E-state index contributed by atoms with van der Waals surface area (Å²) in [6.07, 6.45) is -5.00. The Kier molecular flexibility index (Phi) is 5.78. The van der Waals surface area contributed by atoms with E-state index in [-0.39, 0.29) is 15.6 Å². The van der Waals surface area contributed by atoms with Gasteiger partial charge in [0.1, 0.15) is 6.54 Å². The van der Waals surface area contributed by atoms with Crippen LogP contribution < -0.4 is 0 Å². The highest BCUT2D eigenvalue weighted by Gasteiger charge is 2.37. The molecule has 116 valence electrons. The summed E-state index contributed by atoms with van der Waals surface area (Å²) >= 11 is 3.09. The lowest BCUT2D eigenvalue weighted by Gasteiger charge is -2.23. The number of halogens is 4. The van der Waals surface area contributed by atoms with Crippen molar-refractivity contribution in [1.82, 2.24) is 4.31 Å². The molecule has 0 N–H and O–H groups in total. The third-order valence-electron chi connectivity index (χ3n) is 2.60. The molecule has 0 aliphatic heterocycles. The van der Waals surface area contributed by atoms with E-state index in [2.05, 4.69) is 15.9 Å². The van der Waals surface area contributed by atoms with Crippen molar-refractivity contribution in [3.63, 3.8) is 0 Å². The van der Waals surface area contributed by atoms with E-state index in [1.807, 2.05) is 0 Å². The number of sulfonamides is 1. The molecule has 0 unspecified atom stereocenters. The summed E-state index contributed by atoms with van der Waals surface area (Å²) in [5.74, 6) is 0. The molecule has 1 aromatic carbocycles. The van der Waals surface area contributed by atoms with Crippen LogP contribution >= 0.6 is 15.9 Å². The van der Waals surface area contributed by atoms with Gasteiger partial charge >= 0.3 is 6.18 Å². The number of hydrogen-bond acceptors (Lipinski definition) is 3. The first kappa shape index (κ1) is 17.9. The predicted octanol–water partition coefficient (Wildman–Crippen LogP) is 3.22. The van der Waals surface area contributed by atoms with Gasteiger partial charge in [0, 0.05) is 17.4 Å². The van der Waals surface area contributed by atoms with E-state index in [9.17, 15) is 21.6 Å². The van der Waals surface area contributed by atoms with Crippen LogP contribution in [0, 0.1) is 18.3 Å². The van der Waals surface area contributed by atoms with Crippen molar-refractivity contribution in [1.29, 1.82) is 5.26 Å². The second-order valence-electron chi connectivity index (χ2n) is 4.27. The summed E-state index contributed by atoms with van der Waals surface area (Å²) in [7, 11) is -4.33. The number of alkyl halides is 3. The number of rotatable bonds is 5. The minimum absolute atomic E-state index is 0.209. The fourth-order valence-corrected chi connectivity index (χ4v) is 3.84. The van der Waals surface area contributed by atoms with E-state index in [4.69, 9.17) is 5.26 Å². The molecule has 1 aromatic rings. The highest BCUT2D eigenvalue weighted by Crippen LogP contribution is 2.27. The molecule has 0 amide bonds. The fourth-order valence-electron chi connectivity index (χ4n) is 1.65. The molecule has 0 aliphatic carbocycles. The van der Waals surface area contributed by atoms with Crippen LogP contribution in [0.5, 0.6) is 0 Å². The van der Waals surface area contributed by atoms with Crippen molar-refractivity contribution < 1.29 is 21.6 Å². The molecule has 0 saturated heterocycles. The van der Waals surface area contributed by atoms with Gasteiger partial charge in [0.15, 0.2) is 0 Å². The average molecular weight is 385 g/mol. The van der Waals surface area contributed by atoms with Crippen molar-refractivity contribution >= 4 is 26.0 Å². The number of aryl methyl sites for hydroxylation is 1. The summed E-state index contributed by atoms with van der Waals surface area (Å²) in [5, 5.41) is 8.49. The fraction of sp³-hybridized carbons (Fsp3) is 0.417. The maximum absolute atomic E-state index is 12.6. The Morgan fingerprint density at radius 1 is 1.38 bits per heavy atom. The average Bonchev–Trinajstić information content (AvgIpc) is 2.35. The number of nitrogens with zero attached hydrogens (tertiary/aromatic N) is 2. The molecule has 0 aromatic heterocycles. The van der Waals surface area contributed by atoms with Crippen LogP contribution in [0.15, 0.2) is 27.6 Å². The van der Waals surface area contributed by atoms with Crippen molar-refractivity contribution in [2.24, 2.45) is 0 Å². The van der Waals surface area contributed by atoms with Gasteiger partial charge in [0.25, 0.3) is 0 Å². The van der Waals surface area contributed by atoms with E-state index < -0.39 is 29.3 Å². The predicted molar refractivity (Wildman–Crippen MR) is 73.9 cm³/mol. The highest BCUT2D eigenvalue weighted by atomic mass is 79.9. The van der Waals surface area contributed by atoms with Gasteiger partial charge in [-0.15, -0.1) is 0 Å². The van der Waals surface area contributed by atoms with Crippen LogP contribution in [-0.2, 0) is 10.0 Å². The van der Waals surface area contributed by atoms with Gasteiger partial charge in [-0.25, -0.2) is 8.42 Å². The second kappa shape index (κ2) is 6.77. The van der Waals surface area contributed by atoms with Gasteiger partial charge < -0.3 is 0 Å². The van der Waals surface area contributed by atoms with Gasteiger partial charge in [-0.3, -0.25) is 0 Å². The maximum Gasteiger partial charge on any atom is 0.402 e.